The third-order valence-corrected chi connectivity index (χ3v) is 7.21. The van der Waals surface area contributed by atoms with Crippen LogP contribution >= 0.6 is 23.1 Å². The van der Waals surface area contributed by atoms with E-state index in [9.17, 15) is 9.59 Å². The van der Waals surface area contributed by atoms with E-state index in [1.807, 2.05) is 30.3 Å². The summed E-state index contributed by atoms with van der Waals surface area (Å²) >= 11 is 2.99. The summed E-state index contributed by atoms with van der Waals surface area (Å²) in [4.78, 5) is 36.7. The van der Waals surface area contributed by atoms with Crippen molar-refractivity contribution in [3.63, 3.8) is 0 Å². The molecule has 0 aliphatic carbocycles. The highest BCUT2D eigenvalue weighted by molar-refractivity contribution is 7.99. The molecule has 7 nitrogen and oxygen atoms in total. The number of nitrogens with one attached hydrogen (secondary N) is 2. The van der Waals surface area contributed by atoms with E-state index in [0.717, 1.165) is 25.2 Å². The number of methoxy groups -OCH3 is 1. The monoisotopic (exact) mass is 474 g/mol. The van der Waals surface area contributed by atoms with E-state index in [2.05, 4.69) is 20.6 Å². The molecule has 33 heavy (non-hydrogen) atoms. The second kappa shape index (κ2) is 9.05. The van der Waals surface area contributed by atoms with Gasteiger partial charge in [0.05, 0.1) is 24.9 Å². The van der Waals surface area contributed by atoms with Crippen molar-refractivity contribution < 1.29 is 14.3 Å². The van der Waals surface area contributed by atoms with Gasteiger partial charge >= 0.3 is 0 Å². The van der Waals surface area contributed by atoms with Crippen LogP contribution in [0.1, 0.15) is 25.6 Å². The van der Waals surface area contributed by atoms with E-state index in [-0.39, 0.29) is 11.8 Å². The van der Waals surface area contributed by atoms with Crippen molar-refractivity contribution in [1.82, 2.24) is 15.3 Å². The van der Waals surface area contributed by atoms with Gasteiger partial charge in [0.15, 0.2) is 0 Å². The Balaban J connectivity index is 1.27. The summed E-state index contributed by atoms with van der Waals surface area (Å²) in [5.74, 6) is 0.140. The number of aromatic nitrogens is 2. The molecule has 0 saturated carbocycles. The van der Waals surface area contributed by atoms with Crippen molar-refractivity contribution >= 4 is 40.6 Å². The van der Waals surface area contributed by atoms with Crippen LogP contribution < -0.4 is 15.4 Å². The number of anilines is 1. The maximum atomic E-state index is 12.8. The average molecular weight is 475 g/mol. The lowest BCUT2D eigenvalue weighted by molar-refractivity contribution is 0.0949. The van der Waals surface area contributed by atoms with Crippen LogP contribution in [0.4, 0.5) is 5.69 Å². The molecule has 5 rings (SSSR count). The predicted molar refractivity (Wildman–Crippen MR) is 128 cm³/mol. The van der Waals surface area contributed by atoms with Crippen LogP contribution in [0.25, 0.3) is 10.6 Å². The Morgan fingerprint density at radius 1 is 1.06 bits per heavy atom. The van der Waals surface area contributed by atoms with E-state index in [1.165, 1.54) is 23.1 Å². The number of ether oxygens (including phenoxy) is 1. The van der Waals surface area contributed by atoms with Gasteiger partial charge in [-0.3, -0.25) is 9.59 Å². The summed E-state index contributed by atoms with van der Waals surface area (Å²) < 4.78 is 5.08. The lowest BCUT2D eigenvalue weighted by atomic mass is 10.1. The molecule has 1 aliphatic heterocycles. The normalized spacial score (nSPS) is 12.2. The number of carbonyl (C=O) groups is 2. The van der Waals surface area contributed by atoms with E-state index in [1.54, 1.807) is 43.8 Å². The number of pyridine rings is 1. The van der Waals surface area contributed by atoms with Crippen LogP contribution in [0.3, 0.4) is 0 Å². The number of fused-ring (bicyclic) bond motifs is 2. The zero-order valence-electron chi connectivity index (χ0n) is 17.5. The standard InChI is InChI=1S/C24H18N4O3S2/c1-31-21-9-7-15(11-25-21)24-27-13-16(32-24)12-26-22(29)14-6-8-20-18(10-14)28-23(30)17-4-2-3-5-19(17)33-20/h2-11,13H,12H2,1H3,(H,26,29)(H,28,30). The molecular weight excluding hydrogens is 456 g/mol. The second-order valence-electron chi connectivity index (χ2n) is 7.17. The summed E-state index contributed by atoms with van der Waals surface area (Å²) in [5.41, 5.74) is 2.61. The number of thiazole rings is 1. The maximum absolute atomic E-state index is 12.8. The Labute approximate surface area is 198 Å². The van der Waals surface area contributed by atoms with Gasteiger partial charge in [0.25, 0.3) is 11.8 Å². The second-order valence-corrected chi connectivity index (χ2v) is 9.37. The quantitative estimate of drug-likeness (QED) is 0.429. The summed E-state index contributed by atoms with van der Waals surface area (Å²) in [6.45, 7) is 0.351. The lowest BCUT2D eigenvalue weighted by Gasteiger charge is -2.09. The fourth-order valence-electron chi connectivity index (χ4n) is 3.33. The van der Waals surface area contributed by atoms with Gasteiger partial charge in [0.1, 0.15) is 5.01 Å². The molecule has 0 spiro atoms. The Morgan fingerprint density at radius 2 is 1.94 bits per heavy atom. The Morgan fingerprint density at radius 3 is 2.76 bits per heavy atom. The van der Waals surface area contributed by atoms with Gasteiger partial charge in [0, 0.05) is 44.3 Å². The molecule has 4 aromatic rings. The highest BCUT2D eigenvalue weighted by atomic mass is 32.2. The van der Waals surface area contributed by atoms with Gasteiger partial charge in [-0.2, -0.15) is 0 Å². The number of nitrogens with zero attached hydrogens (tertiary/aromatic N) is 2. The van der Waals surface area contributed by atoms with E-state index < -0.39 is 0 Å². The molecule has 2 N–H and O–H groups in total. The molecule has 1 aliphatic rings. The summed E-state index contributed by atoms with van der Waals surface area (Å²) in [5, 5.41) is 6.66. The molecule has 164 valence electrons. The minimum absolute atomic E-state index is 0.181. The van der Waals surface area contributed by atoms with Crippen LogP contribution in [0.2, 0.25) is 0 Å². The van der Waals surface area contributed by atoms with E-state index in [0.29, 0.717) is 29.2 Å². The highest BCUT2D eigenvalue weighted by Crippen LogP contribution is 2.39. The van der Waals surface area contributed by atoms with Crippen LogP contribution in [0, 0.1) is 0 Å². The first kappa shape index (κ1) is 21.2. The third kappa shape index (κ3) is 4.46. The average Bonchev–Trinajstić information content (AvgIpc) is 3.27. The number of rotatable bonds is 5. The Hall–Kier alpha value is -3.69. The molecule has 9 heteroatoms. The summed E-state index contributed by atoms with van der Waals surface area (Å²) in [6, 6.07) is 16.5. The van der Waals surface area contributed by atoms with Crippen LogP contribution in [-0.2, 0) is 6.54 Å². The van der Waals surface area contributed by atoms with Crippen molar-refractivity contribution in [2.45, 2.75) is 16.3 Å². The number of carbonyl (C=O) groups excluding carboxylic acids is 2. The number of hydrogen-bond acceptors (Lipinski definition) is 7. The molecule has 3 heterocycles. The molecule has 0 unspecified atom stereocenters. The fraction of sp³-hybridized carbons (Fsp3) is 0.0833. The van der Waals surface area contributed by atoms with Gasteiger partial charge < -0.3 is 15.4 Å². The first-order valence-electron chi connectivity index (χ1n) is 10.1. The zero-order chi connectivity index (χ0) is 22.8. The molecule has 0 fully saturated rings. The van der Waals surface area contributed by atoms with E-state index >= 15 is 0 Å². The van der Waals surface area contributed by atoms with Gasteiger partial charge in [-0.05, 0) is 36.4 Å². The van der Waals surface area contributed by atoms with Crippen molar-refractivity contribution in [3.8, 4) is 16.5 Å². The topological polar surface area (TPSA) is 93.2 Å². The molecular formula is C24H18N4O3S2. The minimum atomic E-state index is -0.222. The SMILES string of the molecule is COc1ccc(-c2ncc(CNC(=O)c3ccc4c(c3)NC(=O)c3ccccc3S4)s2)cn1. The maximum Gasteiger partial charge on any atom is 0.256 e. The smallest absolute Gasteiger partial charge is 0.256 e. The van der Waals surface area contributed by atoms with E-state index in [4.69, 9.17) is 4.74 Å². The van der Waals surface area contributed by atoms with Gasteiger partial charge in [-0.15, -0.1) is 11.3 Å². The van der Waals surface area contributed by atoms with Crippen molar-refractivity contribution in [2.24, 2.45) is 0 Å². The Kier molecular flexibility index (Phi) is 5.80. The minimum Gasteiger partial charge on any atom is -0.481 e. The highest BCUT2D eigenvalue weighted by Gasteiger charge is 2.20. The molecule has 0 saturated heterocycles. The molecule has 2 aromatic heterocycles. The van der Waals surface area contributed by atoms with Crippen molar-refractivity contribution in [1.29, 1.82) is 0 Å². The summed E-state index contributed by atoms with van der Waals surface area (Å²) in [7, 11) is 1.57. The van der Waals surface area contributed by atoms with Gasteiger partial charge in [-0.1, -0.05) is 23.9 Å². The molecule has 0 atom stereocenters. The van der Waals surface area contributed by atoms with Crippen LogP contribution in [0.5, 0.6) is 5.88 Å². The molecule has 0 bridgehead atoms. The van der Waals surface area contributed by atoms with Crippen molar-refractivity contribution in [2.75, 3.05) is 12.4 Å². The van der Waals surface area contributed by atoms with Crippen molar-refractivity contribution in [3.05, 3.63) is 83.0 Å². The number of benzene rings is 2. The Bertz CT molecular complexity index is 1350. The van der Waals surface area contributed by atoms with Gasteiger partial charge in [-0.25, -0.2) is 9.97 Å². The largest absolute Gasteiger partial charge is 0.481 e. The lowest BCUT2D eigenvalue weighted by Crippen LogP contribution is -2.22. The third-order valence-electron chi connectivity index (χ3n) is 5.01. The number of hydrogen-bond donors (Lipinski definition) is 2. The zero-order valence-corrected chi connectivity index (χ0v) is 19.1. The first-order valence-corrected chi connectivity index (χ1v) is 11.7. The molecule has 2 aromatic carbocycles. The predicted octanol–water partition coefficient (Wildman–Crippen LogP) is 4.86. The van der Waals surface area contributed by atoms with Crippen LogP contribution in [-0.4, -0.2) is 28.9 Å². The summed E-state index contributed by atoms with van der Waals surface area (Å²) in [6.07, 6.45) is 3.45. The molecule has 0 radical (unpaired) electrons. The first-order chi connectivity index (χ1) is 16.1. The fourth-order valence-corrected chi connectivity index (χ4v) is 5.18. The number of amides is 2. The van der Waals surface area contributed by atoms with Crippen LogP contribution in [0.15, 0.2) is 76.8 Å². The van der Waals surface area contributed by atoms with Gasteiger partial charge in [0.2, 0.25) is 5.88 Å². The molecule has 2 amide bonds.